The quantitative estimate of drug-likeness (QED) is 0.796. The van der Waals surface area contributed by atoms with Crippen LogP contribution in [0.25, 0.3) is 0 Å². The van der Waals surface area contributed by atoms with Crippen LogP contribution in [0.4, 0.5) is 0 Å². The van der Waals surface area contributed by atoms with Crippen LogP contribution < -0.4 is 5.32 Å². The first kappa shape index (κ1) is 11.5. The molecular formula is C12H16BrN. The summed E-state index contributed by atoms with van der Waals surface area (Å²) in [7, 11) is 0. The third-order valence-electron chi connectivity index (χ3n) is 2.07. The van der Waals surface area contributed by atoms with E-state index in [2.05, 4.69) is 59.0 Å². The Balaban J connectivity index is 2.43. The van der Waals surface area contributed by atoms with Crippen LogP contribution in [0.1, 0.15) is 12.5 Å². The van der Waals surface area contributed by atoms with Gasteiger partial charge in [-0.3, -0.25) is 0 Å². The van der Waals surface area contributed by atoms with Crippen LogP contribution in [0.3, 0.4) is 0 Å². The zero-order valence-corrected chi connectivity index (χ0v) is 10.0. The molecule has 0 saturated carbocycles. The molecule has 1 unspecified atom stereocenters. The largest absolute Gasteiger partial charge is 0.310 e. The van der Waals surface area contributed by atoms with E-state index < -0.39 is 0 Å². The van der Waals surface area contributed by atoms with Gasteiger partial charge in [0.2, 0.25) is 0 Å². The lowest BCUT2D eigenvalue weighted by Gasteiger charge is -2.12. The molecule has 0 fully saturated rings. The molecule has 0 aliphatic heterocycles. The maximum absolute atomic E-state index is 3.68. The van der Waals surface area contributed by atoms with Gasteiger partial charge in [-0.05, 0) is 31.0 Å². The molecular weight excluding hydrogens is 238 g/mol. The first-order valence-corrected chi connectivity index (χ1v) is 5.60. The second-order valence-corrected chi connectivity index (χ2v) is 4.34. The monoisotopic (exact) mass is 253 g/mol. The maximum atomic E-state index is 3.68. The molecule has 1 rings (SSSR count). The zero-order valence-electron chi connectivity index (χ0n) is 8.46. The SMILES string of the molecule is C=CCNC(C)Cc1ccc(Br)cc1. The van der Waals surface area contributed by atoms with Gasteiger partial charge in [-0.25, -0.2) is 0 Å². The number of benzene rings is 1. The van der Waals surface area contributed by atoms with Gasteiger partial charge in [-0.15, -0.1) is 6.58 Å². The molecule has 0 radical (unpaired) electrons. The first-order chi connectivity index (χ1) is 6.72. The van der Waals surface area contributed by atoms with E-state index in [1.165, 1.54) is 5.56 Å². The molecule has 1 N–H and O–H groups in total. The summed E-state index contributed by atoms with van der Waals surface area (Å²) in [5.74, 6) is 0. The zero-order chi connectivity index (χ0) is 10.4. The molecule has 0 aliphatic carbocycles. The Hall–Kier alpha value is -0.600. The molecule has 1 nitrogen and oxygen atoms in total. The molecule has 1 aromatic carbocycles. The van der Waals surface area contributed by atoms with Crippen molar-refractivity contribution >= 4 is 15.9 Å². The van der Waals surface area contributed by atoms with E-state index in [0.717, 1.165) is 17.4 Å². The van der Waals surface area contributed by atoms with Crippen molar-refractivity contribution in [1.82, 2.24) is 5.32 Å². The molecule has 0 bridgehead atoms. The summed E-state index contributed by atoms with van der Waals surface area (Å²) in [6.07, 6.45) is 2.94. The Morgan fingerprint density at radius 1 is 1.43 bits per heavy atom. The molecule has 0 heterocycles. The summed E-state index contributed by atoms with van der Waals surface area (Å²) < 4.78 is 1.13. The van der Waals surface area contributed by atoms with Crippen LogP contribution in [-0.4, -0.2) is 12.6 Å². The van der Waals surface area contributed by atoms with Crippen molar-refractivity contribution in [1.29, 1.82) is 0 Å². The molecule has 0 aliphatic rings. The molecule has 0 spiro atoms. The summed E-state index contributed by atoms with van der Waals surface area (Å²) in [6.45, 7) is 6.74. The summed E-state index contributed by atoms with van der Waals surface area (Å²) in [5.41, 5.74) is 1.36. The minimum atomic E-state index is 0.495. The average Bonchev–Trinajstić information content (AvgIpc) is 2.18. The lowest BCUT2D eigenvalue weighted by molar-refractivity contribution is 0.581. The Bertz CT molecular complexity index is 279. The Kier molecular flexibility index (Phi) is 4.91. The van der Waals surface area contributed by atoms with Gasteiger partial charge < -0.3 is 5.32 Å². The molecule has 76 valence electrons. The topological polar surface area (TPSA) is 12.0 Å². The molecule has 0 aromatic heterocycles. The third kappa shape index (κ3) is 4.07. The minimum Gasteiger partial charge on any atom is -0.310 e. The van der Waals surface area contributed by atoms with Crippen molar-refractivity contribution in [3.05, 3.63) is 47.0 Å². The highest BCUT2D eigenvalue weighted by molar-refractivity contribution is 9.10. The van der Waals surface area contributed by atoms with Gasteiger partial charge >= 0.3 is 0 Å². The summed E-state index contributed by atoms with van der Waals surface area (Å²) >= 11 is 3.42. The Labute approximate surface area is 94.3 Å². The van der Waals surface area contributed by atoms with Crippen LogP contribution in [0.15, 0.2) is 41.4 Å². The molecule has 0 saturated heterocycles. The van der Waals surface area contributed by atoms with Gasteiger partial charge in [0.1, 0.15) is 0 Å². The molecule has 2 heteroatoms. The number of hydrogen-bond donors (Lipinski definition) is 1. The van der Waals surface area contributed by atoms with Crippen LogP contribution in [0, 0.1) is 0 Å². The van der Waals surface area contributed by atoms with Crippen molar-refractivity contribution in [2.75, 3.05) is 6.54 Å². The molecule has 1 aromatic rings. The average molecular weight is 254 g/mol. The number of nitrogens with one attached hydrogen (secondary N) is 1. The summed E-state index contributed by atoms with van der Waals surface area (Å²) in [4.78, 5) is 0. The van der Waals surface area contributed by atoms with Crippen molar-refractivity contribution in [3.63, 3.8) is 0 Å². The van der Waals surface area contributed by atoms with Gasteiger partial charge in [0, 0.05) is 17.1 Å². The fourth-order valence-electron chi connectivity index (χ4n) is 1.33. The third-order valence-corrected chi connectivity index (χ3v) is 2.59. The van der Waals surface area contributed by atoms with E-state index in [0.29, 0.717) is 6.04 Å². The van der Waals surface area contributed by atoms with E-state index in [-0.39, 0.29) is 0 Å². The smallest absolute Gasteiger partial charge is 0.0175 e. The lowest BCUT2D eigenvalue weighted by Crippen LogP contribution is -2.27. The highest BCUT2D eigenvalue weighted by Gasteiger charge is 2.01. The standard InChI is InChI=1S/C12H16BrN/c1-3-8-14-10(2)9-11-4-6-12(13)7-5-11/h3-7,10,14H,1,8-9H2,2H3. The molecule has 1 atom stereocenters. The summed E-state index contributed by atoms with van der Waals surface area (Å²) in [6, 6.07) is 8.95. The first-order valence-electron chi connectivity index (χ1n) is 4.81. The highest BCUT2D eigenvalue weighted by atomic mass is 79.9. The van der Waals surface area contributed by atoms with E-state index in [9.17, 15) is 0 Å². The second kappa shape index (κ2) is 5.99. The van der Waals surface area contributed by atoms with Crippen LogP contribution in [0.5, 0.6) is 0 Å². The highest BCUT2D eigenvalue weighted by Crippen LogP contribution is 2.11. The van der Waals surface area contributed by atoms with Crippen molar-refractivity contribution in [3.8, 4) is 0 Å². The minimum absolute atomic E-state index is 0.495. The van der Waals surface area contributed by atoms with E-state index >= 15 is 0 Å². The maximum Gasteiger partial charge on any atom is 0.0175 e. The Morgan fingerprint density at radius 3 is 2.64 bits per heavy atom. The second-order valence-electron chi connectivity index (χ2n) is 3.43. The summed E-state index contributed by atoms with van der Waals surface area (Å²) in [5, 5.41) is 3.37. The van der Waals surface area contributed by atoms with Gasteiger partial charge in [0.25, 0.3) is 0 Å². The molecule has 0 amide bonds. The van der Waals surface area contributed by atoms with Gasteiger partial charge in [-0.2, -0.15) is 0 Å². The van der Waals surface area contributed by atoms with Crippen LogP contribution in [0.2, 0.25) is 0 Å². The molecule has 14 heavy (non-hydrogen) atoms. The van der Waals surface area contributed by atoms with Gasteiger partial charge in [-0.1, -0.05) is 34.1 Å². The van der Waals surface area contributed by atoms with Crippen LogP contribution in [-0.2, 0) is 6.42 Å². The predicted octanol–water partition coefficient (Wildman–Crippen LogP) is 3.16. The fourth-order valence-corrected chi connectivity index (χ4v) is 1.60. The lowest BCUT2D eigenvalue weighted by atomic mass is 10.1. The van der Waals surface area contributed by atoms with Crippen LogP contribution >= 0.6 is 15.9 Å². The number of hydrogen-bond acceptors (Lipinski definition) is 1. The van der Waals surface area contributed by atoms with Gasteiger partial charge in [0.05, 0.1) is 0 Å². The number of rotatable bonds is 5. The van der Waals surface area contributed by atoms with Crippen molar-refractivity contribution < 1.29 is 0 Å². The van der Waals surface area contributed by atoms with Crippen molar-refractivity contribution in [2.45, 2.75) is 19.4 Å². The van der Waals surface area contributed by atoms with Crippen molar-refractivity contribution in [2.24, 2.45) is 0 Å². The number of halogens is 1. The van der Waals surface area contributed by atoms with E-state index in [1.807, 2.05) is 6.08 Å². The van der Waals surface area contributed by atoms with E-state index in [1.54, 1.807) is 0 Å². The van der Waals surface area contributed by atoms with E-state index in [4.69, 9.17) is 0 Å². The Morgan fingerprint density at radius 2 is 2.07 bits per heavy atom. The fraction of sp³-hybridized carbons (Fsp3) is 0.333. The predicted molar refractivity (Wildman–Crippen MR) is 65.5 cm³/mol. The normalized spacial score (nSPS) is 12.4. The van der Waals surface area contributed by atoms with Gasteiger partial charge in [0.15, 0.2) is 0 Å².